The Balaban J connectivity index is 2.86. The number of rotatable bonds is 8. The van der Waals surface area contributed by atoms with Gasteiger partial charge in [-0.25, -0.2) is 0 Å². The summed E-state index contributed by atoms with van der Waals surface area (Å²) in [6, 6.07) is 0. The summed E-state index contributed by atoms with van der Waals surface area (Å²) in [6.45, 7) is 4.63. The van der Waals surface area contributed by atoms with E-state index in [-0.39, 0.29) is 5.84 Å². The molecule has 0 aromatic carbocycles. The van der Waals surface area contributed by atoms with Crippen molar-refractivity contribution in [1.29, 1.82) is 5.41 Å². The van der Waals surface area contributed by atoms with Gasteiger partial charge < -0.3 is 15.2 Å². The van der Waals surface area contributed by atoms with E-state index in [1.54, 1.807) is 0 Å². The van der Waals surface area contributed by atoms with Crippen molar-refractivity contribution in [2.75, 3.05) is 26.4 Å². The molecule has 72 valence electrons. The molecule has 0 unspecified atom stereocenters. The highest BCUT2D eigenvalue weighted by Crippen LogP contribution is 1.88. The summed E-state index contributed by atoms with van der Waals surface area (Å²) in [4.78, 5) is 0. The minimum absolute atomic E-state index is 0.225. The average molecular weight is 174 g/mol. The molecule has 0 aromatic heterocycles. The molecule has 12 heavy (non-hydrogen) atoms. The smallest absolute Gasteiger partial charge is 0.0906 e. The molecule has 0 amide bonds. The maximum atomic E-state index is 6.94. The Kier molecular flexibility index (Phi) is 8.05. The lowest BCUT2D eigenvalue weighted by molar-refractivity contribution is 0.0524. The zero-order chi connectivity index (χ0) is 9.23. The van der Waals surface area contributed by atoms with E-state index in [0.717, 1.165) is 13.0 Å². The Hall–Kier alpha value is -0.610. The molecular formula is C8H18N2O2. The Bertz CT molecular complexity index is 118. The van der Waals surface area contributed by atoms with Crippen molar-refractivity contribution >= 4 is 5.84 Å². The van der Waals surface area contributed by atoms with Gasteiger partial charge in [0.1, 0.15) is 0 Å². The van der Waals surface area contributed by atoms with Crippen LogP contribution in [0.15, 0.2) is 0 Å². The Morgan fingerprint density at radius 1 is 1.25 bits per heavy atom. The van der Waals surface area contributed by atoms with Gasteiger partial charge in [-0.1, -0.05) is 0 Å². The van der Waals surface area contributed by atoms with E-state index in [9.17, 15) is 0 Å². The molecule has 0 aromatic rings. The van der Waals surface area contributed by atoms with Crippen molar-refractivity contribution in [3.05, 3.63) is 0 Å². The van der Waals surface area contributed by atoms with E-state index in [1.165, 1.54) is 0 Å². The molecule has 0 radical (unpaired) electrons. The van der Waals surface area contributed by atoms with Crippen molar-refractivity contribution in [1.82, 2.24) is 0 Å². The van der Waals surface area contributed by atoms with Crippen molar-refractivity contribution in [3.63, 3.8) is 0 Å². The van der Waals surface area contributed by atoms with Crippen LogP contribution in [0.25, 0.3) is 0 Å². The van der Waals surface area contributed by atoms with Crippen LogP contribution in [0.2, 0.25) is 0 Å². The number of hydrogen-bond donors (Lipinski definition) is 2. The number of hydrogen-bond acceptors (Lipinski definition) is 3. The molecule has 0 atom stereocenters. The molecule has 0 aliphatic carbocycles. The molecule has 0 saturated carbocycles. The minimum atomic E-state index is 0.225. The Labute approximate surface area is 73.5 Å². The fourth-order valence-electron chi connectivity index (χ4n) is 0.729. The van der Waals surface area contributed by atoms with Crippen LogP contribution in [0.1, 0.15) is 19.8 Å². The van der Waals surface area contributed by atoms with Crippen LogP contribution in [0.4, 0.5) is 0 Å². The predicted molar refractivity (Wildman–Crippen MR) is 48.5 cm³/mol. The van der Waals surface area contributed by atoms with E-state index < -0.39 is 0 Å². The summed E-state index contributed by atoms with van der Waals surface area (Å²) >= 11 is 0. The second-order valence-corrected chi connectivity index (χ2v) is 2.44. The normalized spacial score (nSPS) is 10.1. The van der Waals surface area contributed by atoms with Crippen molar-refractivity contribution < 1.29 is 9.47 Å². The lowest BCUT2D eigenvalue weighted by Crippen LogP contribution is -2.11. The molecule has 0 aliphatic rings. The van der Waals surface area contributed by atoms with Gasteiger partial charge in [0.05, 0.1) is 19.0 Å². The first-order valence-electron chi connectivity index (χ1n) is 4.25. The highest BCUT2D eigenvalue weighted by Gasteiger charge is 1.91. The predicted octanol–water partition coefficient (Wildman–Crippen LogP) is 0.756. The maximum absolute atomic E-state index is 6.94. The molecule has 0 heterocycles. The molecule has 0 aliphatic heterocycles. The SMILES string of the molecule is CCOCCOCCCC(=N)N. The highest BCUT2D eigenvalue weighted by molar-refractivity contribution is 5.76. The fourth-order valence-corrected chi connectivity index (χ4v) is 0.729. The molecule has 0 saturated heterocycles. The first-order chi connectivity index (χ1) is 5.77. The third kappa shape index (κ3) is 9.39. The fraction of sp³-hybridized carbons (Fsp3) is 0.875. The van der Waals surface area contributed by atoms with Crippen LogP contribution >= 0.6 is 0 Å². The molecule has 0 spiro atoms. The molecule has 0 rings (SSSR count). The second-order valence-electron chi connectivity index (χ2n) is 2.44. The number of nitrogens with one attached hydrogen (secondary N) is 1. The van der Waals surface area contributed by atoms with Gasteiger partial charge in [-0.3, -0.25) is 5.41 Å². The highest BCUT2D eigenvalue weighted by atomic mass is 16.5. The number of nitrogens with two attached hydrogens (primary N) is 1. The van der Waals surface area contributed by atoms with Gasteiger partial charge >= 0.3 is 0 Å². The number of amidine groups is 1. The lowest BCUT2D eigenvalue weighted by atomic mass is 10.3. The van der Waals surface area contributed by atoms with Crippen LogP contribution in [0, 0.1) is 5.41 Å². The molecular weight excluding hydrogens is 156 g/mol. The van der Waals surface area contributed by atoms with Gasteiger partial charge in [-0.15, -0.1) is 0 Å². The topological polar surface area (TPSA) is 68.3 Å². The van der Waals surface area contributed by atoms with Crippen LogP contribution in [-0.4, -0.2) is 32.3 Å². The molecule has 4 nitrogen and oxygen atoms in total. The Morgan fingerprint density at radius 3 is 2.50 bits per heavy atom. The summed E-state index contributed by atoms with van der Waals surface area (Å²) in [5.74, 6) is 0.225. The summed E-state index contributed by atoms with van der Waals surface area (Å²) < 4.78 is 10.3. The van der Waals surface area contributed by atoms with Gasteiger partial charge in [0, 0.05) is 19.6 Å². The summed E-state index contributed by atoms with van der Waals surface area (Å²) in [5, 5.41) is 6.94. The van der Waals surface area contributed by atoms with E-state index in [4.69, 9.17) is 20.6 Å². The van der Waals surface area contributed by atoms with Crippen molar-refractivity contribution in [2.45, 2.75) is 19.8 Å². The summed E-state index contributed by atoms with van der Waals surface area (Å²) in [5.41, 5.74) is 5.16. The quantitative estimate of drug-likeness (QED) is 0.324. The number of ether oxygens (including phenoxy) is 2. The van der Waals surface area contributed by atoms with Gasteiger partial charge in [0.2, 0.25) is 0 Å². The standard InChI is InChI=1S/C8H18N2O2/c1-2-11-6-7-12-5-3-4-8(9)10/h2-7H2,1H3,(H3,9,10). The first-order valence-corrected chi connectivity index (χ1v) is 4.25. The first kappa shape index (κ1) is 11.4. The van der Waals surface area contributed by atoms with Crippen LogP contribution in [0.3, 0.4) is 0 Å². The molecule has 4 heteroatoms. The van der Waals surface area contributed by atoms with Gasteiger partial charge in [0.25, 0.3) is 0 Å². The monoisotopic (exact) mass is 174 g/mol. The van der Waals surface area contributed by atoms with Crippen LogP contribution in [-0.2, 0) is 9.47 Å². The molecule has 0 bridgehead atoms. The van der Waals surface area contributed by atoms with E-state index in [2.05, 4.69) is 0 Å². The third-order valence-electron chi connectivity index (χ3n) is 1.31. The Morgan fingerprint density at radius 2 is 1.92 bits per heavy atom. The van der Waals surface area contributed by atoms with E-state index in [0.29, 0.717) is 26.2 Å². The lowest BCUT2D eigenvalue weighted by Gasteiger charge is -2.03. The van der Waals surface area contributed by atoms with Crippen molar-refractivity contribution in [2.24, 2.45) is 5.73 Å². The zero-order valence-electron chi connectivity index (χ0n) is 7.64. The van der Waals surface area contributed by atoms with E-state index in [1.807, 2.05) is 6.92 Å². The maximum Gasteiger partial charge on any atom is 0.0906 e. The zero-order valence-corrected chi connectivity index (χ0v) is 7.64. The third-order valence-corrected chi connectivity index (χ3v) is 1.31. The average Bonchev–Trinajstić information content (AvgIpc) is 2.02. The van der Waals surface area contributed by atoms with Gasteiger partial charge in [-0.2, -0.15) is 0 Å². The van der Waals surface area contributed by atoms with Crippen LogP contribution < -0.4 is 5.73 Å². The second kappa shape index (κ2) is 8.49. The summed E-state index contributed by atoms with van der Waals surface area (Å²) in [6.07, 6.45) is 1.44. The minimum Gasteiger partial charge on any atom is -0.388 e. The van der Waals surface area contributed by atoms with Gasteiger partial charge in [-0.05, 0) is 13.3 Å². The van der Waals surface area contributed by atoms with E-state index >= 15 is 0 Å². The molecule has 0 fully saturated rings. The largest absolute Gasteiger partial charge is 0.388 e. The summed E-state index contributed by atoms with van der Waals surface area (Å²) in [7, 11) is 0. The van der Waals surface area contributed by atoms with Crippen LogP contribution in [0.5, 0.6) is 0 Å². The van der Waals surface area contributed by atoms with Crippen molar-refractivity contribution in [3.8, 4) is 0 Å². The molecule has 3 N–H and O–H groups in total. The van der Waals surface area contributed by atoms with Gasteiger partial charge in [0.15, 0.2) is 0 Å².